The number of furan rings is 1. The summed E-state index contributed by atoms with van der Waals surface area (Å²) in [6, 6.07) is 16.0. The van der Waals surface area contributed by atoms with Gasteiger partial charge < -0.3 is 4.42 Å². The van der Waals surface area contributed by atoms with Gasteiger partial charge in [-0.3, -0.25) is 9.78 Å². The van der Waals surface area contributed by atoms with E-state index in [9.17, 15) is 4.79 Å². The minimum absolute atomic E-state index is 0.292. The van der Waals surface area contributed by atoms with E-state index in [1.165, 1.54) is 6.21 Å². The highest BCUT2D eigenvalue weighted by Gasteiger charge is 2.07. The van der Waals surface area contributed by atoms with Gasteiger partial charge in [0.2, 0.25) is 0 Å². The summed E-state index contributed by atoms with van der Waals surface area (Å²) in [7, 11) is 0. The molecule has 5 nitrogen and oxygen atoms in total. The van der Waals surface area contributed by atoms with Crippen molar-refractivity contribution in [1.82, 2.24) is 10.4 Å². The lowest BCUT2D eigenvalue weighted by molar-refractivity contribution is 0.0950. The Kier molecular flexibility index (Phi) is 4.49. The molecule has 114 valence electrons. The van der Waals surface area contributed by atoms with Gasteiger partial charge in [0.1, 0.15) is 17.2 Å². The molecule has 3 rings (SSSR count). The number of nitrogens with one attached hydrogen (secondary N) is 1. The highest BCUT2D eigenvalue weighted by atomic mass is 35.5. The number of amides is 1. The number of benzene rings is 1. The number of hydrogen-bond acceptors (Lipinski definition) is 4. The Morgan fingerprint density at radius 3 is 2.74 bits per heavy atom. The van der Waals surface area contributed by atoms with E-state index >= 15 is 0 Å². The zero-order chi connectivity index (χ0) is 16.1. The molecule has 1 N–H and O–H groups in total. The molecule has 0 aliphatic heterocycles. The smallest absolute Gasteiger partial charge is 0.289 e. The predicted octanol–water partition coefficient (Wildman–Crippen LogP) is 3.76. The normalized spacial score (nSPS) is 10.8. The summed E-state index contributed by atoms with van der Waals surface area (Å²) in [5.74, 6) is 0.745. The van der Waals surface area contributed by atoms with Crippen LogP contribution in [0.5, 0.6) is 0 Å². The number of halogens is 1. The van der Waals surface area contributed by atoms with Gasteiger partial charge in [0, 0.05) is 11.8 Å². The van der Waals surface area contributed by atoms with Crippen LogP contribution in [0, 0.1) is 0 Å². The van der Waals surface area contributed by atoms with Gasteiger partial charge in [0.05, 0.1) is 11.2 Å². The summed E-state index contributed by atoms with van der Waals surface area (Å²) in [6.07, 6.45) is 2.96. The Morgan fingerprint density at radius 2 is 1.96 bits per heavy atom. The molecule has 0 spiro atoms. The number of rotatable bonds is 4. The maximum atomic E-state index is 11.8. The molecule has 0 unspecified atom stereocenters. The van der Waals surface area contributed by atoms with Gasteiger partial charge in [0.25, 0.3) is 5.91 Å². The Hall–Kier alpha value is -2.92. The van der Waals surface area contributed by atoms with Crippen molar-refractivity contribution in [2.45, 2.75) is 0 Å². The van der Waals surface area contributed by atoms with Crippen molar-refractivity contribution in [2.75, 3.05) is 0 Å². The zero-order valence-electron chi connectivity index (χ0n) is 11.9. The Morgan fingerprint density at radius 1 is 1.13 bits per heavy atom. The summed E-state index contributed by atoms with van der Waals surface area (Å²) in [5.41, 5.74) is 3.48. The fourth-order valence-electron chi connectivity index (χ4n) is 1.94. The van der Waals surface area contributed by atoms with Crippen molar-refractivity contribution in [1.29, 1.82) is 0 Å². The molecule has 0 aliphatic rings. The van der Waals surface area contributed by atoms with E-state index in [-0.39, 0.29) is 5.91 Å². The molecule has 23 heavy (non-hydrogen) atoms. The average Bonchev–Trinajstić information content (AvgIpc) is 3.04. The lowest BCUT2D eigenvalue weighted by Gasteiger charge is -1.99. The lowest BCUT2D eigenvalue weighted by Crippen LogP contribution is -2.18. The van der Waals surface area contributed by atoms with Crippen LogP contribution in [0.3, 0.4) is 0 Å². The van der Waals surface area contributed by atoms with Crippen LogP contribution in [-0.4, -0.2) is 17.1 Å². The zero-order valence-corrected chi connectivity index (χ0v) is 12.7. The highest BCUT2D eigenvalue weighted by molar-refractivity contribution is 6.33. The van der Waals surface area contributed by atoms with Crippen LogP contribution in [0.2, 0.25) is 5.02 Å². The van der Waals surface area contributed by atoms with Crippen LogP contribution in [-0.2, 0) is 0 Å². The van der Waals surface area contributed by atoms with Gasteiger partial charge in [-0.15, -0.1) is 0 Å². The summed E-state index contributed by atoms with van der Waals surface area (Å²) >= 11 is 6.12. The monoisotopic (exact) mass is 325 g/mol. The summed E-state index contributed by atoms with van der Waals surface area (Å²) in [6.45, 7) is 0. The first-order chi connectivity index (χ1) is 11.2. The van der Waals surface area contributed by atoms with Crippen LogP contribution in [0.4, 0.5) is 0 Å². The second kappa shape index (κ2) is 6.89. The molecule has 0 saturated heterocycles. The first kappa shape index (κ1) is 15.0. The molecule has 0 saturated carbocycles. The van der Waals surface area contributed by atoms with E-state index in [4.69, 9.17) is 16.0 Å². The first-order valence-electron chi connectivity index (χ1n) is 6.83. The van der Waals surface area contributed by atoms with Crippen LogP contribution in [0.15, 0.2) is 70.3 Å². The standard InChI is InChI=1S/C17H12ClN3O2/c18-14-6-2-1-5-13(14)16-9-8-12(23-16)11-20-21-17(22)15-7-3-4-10-19-15/h1-11H,(H,21,22)/b20-11+. The SMILES string of the molecule is O=C(N/N=C/c1ccc(-c2ccccc2Cl)o1)c1ccccn1. The molecular weight excluding hydrogens is 314 g/mol. The minimum Gasteiger partial charge on any atom is -0.455 e. The number of hydrazone groups is 1. The molecule has 2 heterocycles. The molecule has 0 atom stereocenters. The van der Waals surface area contributed by atoms with Crippen molar-refractivity contribution in [3.8, 4) is 11.3 Å². The third kappa shape index (κ3) is 3.64. The fraction of sp³-hybridized carbons (Fsp3) is 0. The van der Waals surface area contributed by atoms with Gasteiger partial charge in [0.15, 0.2) is 0 Å². The Bertz CT molecular complexity index is 844. The Labute approximate surface area is 137 Å². The van der Waals surface area contributed by atoms with Crippen LogP contribution >= 0.6 is 11.6 Å². The molecule has 0 bridgehead atoms. The van der Waals surface area contributed by atoms with Crippen LogP contribution < -0.4 is 5.43 Å². The predicted molar refractivity (Wildman–Crippen MR) is 88.5 cm³/mol. The van der Waals surface area contributed by atoms with E-state index in [1.807, 2.05) is 18.2 Å². The van der Waals surface area contributed by atoms with Crippen molar-refractivity contribution in [3.05, 3.63) is 77.3 Å². The quantitative estimate of drug-likeness (QED) is 0.586. The van der Waals surface area contributed by atoms with Gasteiger partial charge in [-0.25, -0.2) is 5.43 Å². The van der Waals surface area contributed by atoms with Crippen LogP contribution in [0.1, 0.15) is 16.2 Å². The van der Waals surface area contributed by atoms with Crippen molar-refractivity contribution in [3.63, 3.8) is 0 Å². The van der Waals surface area contributed by atoms with E-state index in [0.717, 1.165) is 5.56 Å². The summed E-state index contributed by atoms with van der Waals surface area (Å²) in [4.78, 5) is 15.7. The molecule has 2 aromatic heterocycles. The van der Waals surface area contributed by atoms with Crippen molar-refractivity contribution in [2.24, 2.45) is 5.10 Å². The molecule has 1 aromatic carbocycles. The molecule has 1 amide bonds. The van der Waals surface area contributed by atoms with Crippen molar-refractivity contribution >= 4 is 23.7 Å². The molecule has 0 radical (unpaired) electrons. The topological polar surface area (TPSA) is 67.5 Å². The van der Waals surface area contributed by atoms with E-state index in [2.05, 4.69) is 15.5 Å². The second-order valence-electron chi connectivity index (χ2n) is 4.60. The highest BCUT2D eigenvalue weighted by Crippen LogP contribution is 2.28. The second-order valence-corrected chi connectivity index (χ2v) is 5.00. The van der Waals surface area contributed by atoms with Gasteiger partial charge in [-0.2, -0.15) is 5.10 Å². The molecule has 3 aromatic rings. The Balaban J connectivity index is 1.68. The van der Waals surface area contributed by atoms with Gasteiger partial charge in [-0.1, -0.05) is 29.8 Å². The first-order valence-corrected chi connectivity index (χ1v) is 7.21. The number of carbonyl (C=O) groups excluding carboxylic acids is 1. The number of hydrogen-bond donors (Lipinski definition) is 1. The molecule has 0 fully saturated rings. The number of carbonyl (C=O) groups is 1. The van der Waals surface area contributed by atoms with Gasteiger partial charge >= 0.3 is 0 Å². The number of pyridine rings is 1. The van der Waals surface area contributed by atoms with E-state index in [0.29, 0.717) is 22.2 Å². The average molecular weight is 326 g/mol. The number of aromatic nitrogens is 1. The van der Waals surface area contributed by atoms with Crippen LogP contribution in [0.25, 0.3) is 11.3 Å². The third-order valence-electron chi connectivity index (χ3n) is 3.02. The largest absolute Gasteiger partial charge is 0.455 e. The minimum atomic E-state index is -0.389. The fourth-order valence-corrected chi connectivity index (χ4v) is 2.17. The summed E-state index contributed by atoms with van der Waals surface area (Å²) < 4.78 is 5.64. The van der Waals surface area contributed by atoms with Gasteiger partial charge in [-0.05, 0) is 36.4 Å². The summed E-state index contributed by atoms with van der Waals surface area (Å²) in [5, 5.41) is 4.46. The number of nitrogens with zero attached hydrogens (tertiary/aromatic N) is 2. The molecular formula is C17H12ClN3O2. The van der Waals surface area contributed by atoms with E-state index in [1.54, 1.807) is 42.6 Å². The maximum absolute atomic E-state index is 11.8. The van der Waals surface area contributed by atoms with E-state index < -0.39 is 0 Å². The molecule has 6 heteroatoms. The third-order valence-corrected chi connectivity index (χ3v) is 3.35. The van der Waals surface area contributed by atoms with Crippen molar-refractivity contribution < 1.29 is 9.21 Å². The maximum Gasteiger partial charge on any atom is 0.289 e. The lowest BCUT2D eigenvalue weighted by atomic mass is 10.2. The molecule has 0 aliphatic carbocycles.